The van der Waals surface area contributed by atoms with Crippen LogP contribution in [0.25, 0.3) is 11.3 Å². The van der Waals surface area contributed by atoms with Gasteiger partial charge < -0.3 is 49.2 Å². The Kier molecular flexibility index (Phi) is 12.2. The minimum Gasteiger partial charge on any atom is -0.491 e. The van der Waals surface area contributed by atoms with Crippen LogP contribution in [0, 0.1) is 11.8 Å². The van der Waals surface area contributed by atoms with E-state index in [1.807, 2.05) is 24.5 Å². The molecule has 3 N–H and O–H groups in total. The molecule has 20 nitrogen and oxygen atoms in total. The van der Waals surface area contributed by atoms with Gasteiger partial charge in [0.2, 0.25) is 0 Å². The van der Waals surface area contributed by atoms with E-state index in [1.165, 1.54) is 26.9 Å². The van der Waals surface area contributed by atoms with Crippen molar-refractivity contribution in [2.45, 2.75) is 25.7 Å². The molecule has 0 bridgehead atoms. The van der Waals surface area contributed by atoms with E-state index in [0.717, 1.165) is 49.4 Å². The van der Waals surface area contributed by atoms with E-state index in [-0.39, 0.29) is 17.8 Å². The summed E-state index contributed by atoms with van der Waals surface area (Å²) in [6, 6.07) is 11.1. The van der Waals surface area contributed by atoms with Crippen molar-refractivity contribution in [3.05, 3.63) is 61.4 Å². The molecule has 2 saturated heterocycles. The average molecular weight is 811 g/mol. The number of hydrogen-bond acceptors (Lipinski definition) is 17. The summed E-state index contributed by atoms with van der Waals surface area (Å²) < 4.78 is 29.4. The summed E-state index contributed by atoms with van der Waals surface area (Å²) in [7, 11) is 7.62. The first-order valence-corrected chi connectivity index (χ1v) is 18.9. The van der Waals surface area contributed by atoms with Crippen molar-refractivity contribution in [3.63, 3.8) is 0 Å². The molecular formula is C39H46N12O8. The quantitative estimate of drug-likeness (QED) is 0.145. The van der Waals surface area contributed by atoms with Gasteiger partial charge in [0, 0.05) is 26.2 Å². The molecule has 0 aromatic carbocycles. The number of aromatic nitrogens is 8. The number of carbonyl (C=O) groups is 2. The Labute approximate surface area is 339 Å². The summed E-state index contributed by atoms with van der Waals surface area (Å²) >= 11 is 0. The Bertz CT molecular complexity index is 2420. The van der Waals surface area contributed by atoms with Crippen LogP contribution in [0.5, 0.6) is 23.3 Å². The van der Waals surface area contributed by atoms with Crippen LogP contribution < -0.4 is 39.4 Å². The van der Waals surface area contributed by atoms with Gasteiger partial charge in [-0.3, -0.25) is 9.59 Å². The van der Waals surface area contributed by atoms with Crippen molar-refractivity contribution in [2.75, 3.05) is 82.2 Å². The number of carboxylic acid groups (broad SMARTS) is 1. The second-order valence-corrected chi connectivity index (χ2v) is 13.8. The SMILES string of the molecule is COC(=O)C1CCCN(c2cc(Nc3ccc(OC)c(OC)n3)c3ncnn3c2)C1.COc1ccc(Nc2cc(N3CCCC(C(=O)O)C3)cn3ncnc23)nc1OC. The zero-order chi connectivity index (χ0) is 41.5. The van der Waals surface area contributed by atoms with Gasteiger partial charge in [-0.05, 0) is 62.1 Å². The van der Waals surface area contributed by atoms with Crippen LogP contribution in [0.3, 0.4) is 0 Å². The number of nitrogens with one attached hydrogen (secondary N) is 2. The van der Waals surface area contributed by atoms with Crippen LogP contribution >= 0.6 is 0 Å². The fourth-order valence-electron chi connectivity index (χ4n) is 7.21. The number of pyridine rings is 4. The number of hydrogen-bond donors (Lipinski definition) is 3. The lowest BCUT2D eigenvalue weighted by atomic mass is 9.98. The number of nitrogens with zero attached hydrogens (tertiary/aromatic N) is 10. The van der Waals surface area contributed by atoms with Crippen LogP contribution in [0.4, 0.5) is 34.4 Å². The van der Waals surface area contributed by atoms with Crippen molar-refractivity contribution in [3.8, 4) is 23.3 Å². The highest BCUT2D eigenvalue weighted by Gasteiger charge is 2.28. The molecular weight excluding hydrogens is 765 g/mol. The highest BCUT2D eigenvalue weighted by molar-refractivity contribution is 5.79. The maximum Gasteiger partial charge on any atom is 0.310 e. The molecule has 310 valence electrons. The number of aliphatic carboxylic acids is 1. The third-order valence-electron chi connectivity index (χ3n) is 10.2. The molecule has 2 unspecified atom stereocenters. The Hall–Kier alpha value is -7.12. The maximum atomic E-state index is 12.0. The molecule has 2 aliphatic rings. The van der Waals surface area contributed by atoms with E-state index in [9.17, 15) is 14.7 Å². The molecule has 0 spiro atoms. The monoisotopic (exact) mass is 810 g/mol. The van der Waals surface area contributed by atoms with Crippen LogP contribution in [0.2, 0.25) is 0 Å². The number of methoxy groups -OCH3 is 5. The van der Waals surface area contributed by atoms with Crippen molar-refractivity contribution < 1.29 is 38.4 Å². The van der Waals surface area contributed by atoms with Gasteiger partial charge in [-0.2, -0.15) is 20.2 Å². The van der Waals surface area contributed by atoms with Gasteiger partial charge in [-0.1, -0.05) is 0 Å². The molecule has 59 heavy (non-hydrogen) atoms. The molecule has 8 rings (SSSR count). The maximum absolute atomic E-state index is 12.0. The van der Waals surface area contributed by atoms with Gasteiger partial charge in [0.1, 0.15) is 24.3 Å². The fraction of sp³-hybridized carbons (Fsp3) is 0.385. The van der Waals surface area contributed by atoms with Gasteiger partial charge in [0.05, 0.1) is 82.5 Å². The number of anilines is 6. The van der Waals surface area contributed by atoms with Crippen molar-refractivity contribution in [2.24, 2.45) is 11.8 Å². The standard InChI is InChI=1S/C20H24N6O4.C19H22N6O4/c1-28-16-6-7-17(24-19(16)29-2)23-15-9-14(11-26-18(15)21-12-22-26)25-8-4-5-13(10-25)20(27)30-3;1-28-15-5-6-16(23-18(15)29-2)22-14-8-13(10-25-17(14)20-11-21-25)24-7-3-4-12(9-24)19(26)27/h6-7,9,11-13H,4-5,8,10H2,1-3H3,(H,23,24);5-6,8,10-12H,3-4,7,9H2,1-2H3,(H,22,23)(H,26,27). The summed E-state index contributed by atoms with van der Waals surface area (Å²) in [5.41, 5.74) is 4.55. The Morgan fingerprint density at radius 3 is 1.59 bits per heavy atom. The number of fused-ring (bicyclic) bond motifs is 2. The van der Waals surface area contributed by atoms with E-state index in [4.69, 9.17) is 23.7 Å². The molecule has 6 aromatic rings. The highest BCUT2D eigenvalue weighted by atomic mass is 16.5. The first-order valence-electron chi connectivity index (χ1n) is 18.9. The van der Waals surface area contributed by atoms with Crippen molar-refractivity contribution in [1.82, 2.24) is 39.2 Å². The van der Waals surface area contributed by atoms with E-state index < -0.39 is 5.97 Å². The number of esters is 1. The van der Waals surface area contributed by atoms with Gasteiger partial charge >= 0.3 is 11.9 Å². The van der Waals surface area contributed by atoms with E-state index in [1.54, 1.807) is 54.6 Å². The molecule has 0 radical (unpaired) electrons. The minimum absolute atomic E-state index is 0.140. The lowest BCUT2D eigenvalue weighted by Crippen LogP contribution is -2.39. The van der Waals surface area contributed by atoms with Crippen LogP contribution in [-0.4, -0.2) is 118 Å². The molecule has 2 atom stereocenters. The van der Waals surface area contributed by atoms with Crippen LogP contribution in [0.1, 0.15) is 25.7 Å². The summed E-state index contributed by atoms with van der Waals surface area (Å²) in [6.45, 7) is 2.70. The fourth-order valence-corrected chi connectivity index (χ4v) is 7.21. The highest BCUT2D eigenvalue weighted by Crippen LogP contribution is 2.33. The lowest BCUT2D eigenvalue weighted by molar-refractivity contribution is -0.145. The molecule has 0 saturated carbocycles. The summed E-state index contributed by atoms with van der Waals surface area (Å²) in [5.74, 6) is 1.53. The second kappa shape index (κ2) is 18.0. The summed E-state index contributed by atoms with van der Waals surface area (Å²) in [5, 5.41) is 24.5. The predicted octanol–water partition coefficient (Wildman–Crippen LogP) is 4.46. The van der Waals surface area contributed by atoms with Crippen LogP contribution in [-0.2, 0) is 14.3 Å². The summed E-state index contributed by atoms with van der Waals surface area (Å²) in [6.07, 6.45) is 10.0. The molecule has 0 amide bonds. The van der Waals surface area contributed by atoms with Gasteiger partial charge in [-0.15, -0.1) is 0 Å². The number of piperidine rings is 2. The molecule has 2 aliphatic heterocycles. The molecule has 6 aromatic heterocycles. The molecule has 2 fully saturated rings. The minimum atomic E-state index is -0.760. The van der Waals surface area contributed by atoms with Crippen molar-refractivity contribution in [1.29, 1.82) is 0 Å². The normalized spacial score (nSPS) is 16.5. The van der Waals surface area contributed by atoms with E-state index in [2.05, 4.69) is 50.6 Å². The Balaban J connectivity index is 0.000000179. The molecule has 0 aliphatic carbocycles. The van der Waals surface area contributed by atoms with Crippen molar-refractivity contribution >= 4 is 57.6 Å². The number of ether oxygens (including phenoxy) is 5. The first-order chi connectivity index (χ1) is 28.7. The third kappa shape index (κ3) is 8.90. The summed E-state index contributed by atoms with van der Waals surface area (Å²) in [4.78, 5) is 45.2. The molecule has 8 heterocycles. The van der Waals surface area contributed by atoms with Gasteiger partial charge in [0.15, 0.2) is 22.8 Å². The zero-order valence-electron chi connectivity index (χ0n) is 33.4. The smallest absolute Gasteiger partial charge is 0.310 e. The van der Waals surface area contributed by atoms with Gasteiger partial charge in [-0.25, -0.2) is 19.0 Å². The first kappa shape index (κ1) is 40.1. The molecule has 20 heteroatoms. The zero-order valence-corrected chi connectivity index (χ0v) is 33.4. The average Bonchev–Trinajstić information content (AvgIpc) is 3.97. The van der Waals surface area contributed by atoms with Gasteiger partial charge in [0.25, 0.3) is 11.8 Å². The number of carboxylic acids is 1. The van der Waals surface area contributed by atoms with Crippen LogP contribution in [0.15, 0.2) is 61.4 Å². The Morgan fingerprint density at radius 2 is 1.15 bits per heavy atom. The number of rotatable bonds is 12. The topological polar surface area (TPSA) is 217 Å². The van der Waals surface area contributed by atoms with E-state index in [0.29, 0.717) is 71.4 Å². The lowest BCUT2D eigenvalue weighted by Gasteiger charge is -2.33. The second-order valence-electron chi connectivity index (χ2n) is 13.8. The Morgan fingerprint density at radius 1 is 0.678 bits per heavy atom. The van der Waals surface area contributed by atoms with E-state index >= 15 is 0 Å². The number of carbonyl (C=O) groups excluding carboxylic acids is 1. The largest absolute Gasteiger partial charge is 0.491 e. The predicted molar refractivity (Wildman–Crippen MR) is 217 cm³/mol. The third-order valence-corrected chi connectivity index (χ3v) is 10.2.